The predicted molar refractivity (Wildman–Crippen MR) is 155 cm³/mol. The number of hydrogen-bond acceptors (Lipinski definition) is 12. The molecule has 2 saturated heterocycles. The number of hydrogen-bond donors (Lipinski definition) is 2. The highest BCUT2D eigenvalue weighted by atomic mass is 16.7. The Morgan fingerprint density at radius 1 is 1.02 bits per heavy atom. The number of Topliss-reactive ketones (excluding diaryl/α,β-unsaturated/α-hetero) is 1. The third-order valence-corrected chi connectivity index (χ3v) is 13.1. The van der Waals surface area contributed by atoms with Crippen molar-refractivity contribution in [1.82, 2.24) is 0 Å². The molecule has 1 aromatic rings. The molecule has 1 aromatic heterocycles. The summed E-state index contributed by atoms with van der Waals surface area (Å²) in [6.07, 6.45) is -2.79. The number of furan rings is 1. The molecular weight excluding hydrogens is 600 g/mol. The Hall–Kier alpha value is -2.80. The number of ketones is 1. The van der Waals surface area contributed by atoms with Gasteiger partial charge in [0.2, 0.25) is 6.29 Å². The van der Waals surface area contributed by atoms with E-state index in [1.54, 1.807) is 33.3 Å². The third-order valence-electron chi connectivity index (χ3n) is 13.1. The minimum atomic E-state index is -1.54. The molecule has 2 aliphatic heterocycles. The fourth-order valence-electron chi connectivity index (χ4n) is 11.5. The molecular formula is C34H44O12. The fourth-order valence-corrected chi connectivity index (χ4v) is 11.5. The molecule has 14 atom stereocenters. The van der Waals surface area contributed by atoms with Gasteiger partial charge in [0, 0.05) is 42.4 Å². The van der Waals surface area contributed by atoms with E-state index in [2.05, 4.69) is 0 Å². The van der Waals surface area contributed by atoms with Gasteiger partial charge in [-0.1, -0.05) is 27.7 Å². The fraction of sp³-hybridized carbons (Fsp3) is 0.765. The number of carbonyl (C=O) groups is 4. The quantitative estimate of drug-likeness (QED) is 0.273. The molecule has 7 rings (SSSR count). The van der Waals surface area contributed by atoms with Crippen molar-refractivity contribution in [2.24, 2.45) is 39.4 Å². The van der Waals surface area contributed by atoms with Gasteiger partial charge < -0.3 is 38.3 Å². The minimum Gasteiger partial charge on any atom is -0.472 e. The zero-order valence-corrected chi connectivity index (χ0v) is 27.3. The molecule has 2 bridgehead atoms. The number of ether oxygens (including phenoxy) is 5. The average Bonchev–Trinajstić information content (AvgIpc) is 3.34. The van der Waals surface area contributed by atoms with Crippen molar-refractivity contribution < 1.29 is 57.5 Å². The van der Waals surface area contributed by atoms with Crippen molar-refractivity contribution in [3.63, 3.8) is 0 Å². The maximum atomic E-state index is 14.9. The van der Waals surface area contributed by atoms with E-state index in [9.17, 15) is 29.4 Å². The second-order valence-corrected chi connectivity index (χ2v) is 15.5. The summed E-state index contributed by atoms with van der Waals surface area (Å²) in [4.78, 5) is 53.0. The molecule has 3 heterocycles. The lowest BCUT2D eigenvalue weighted by molar-refractivity contribution is -0.389. The van der Waals surface area contributed by atoms with Gasteiger partial charge in [-0.25, -0.2) is 0 Å². The predicted octanol–water partition coefficient (Wildman–Crippen LogP) is 2.67. The average molecular weight is 645 g/mol. The summed E-state index contributed by atoms with van der Waals surface area (Å²) in [6, 6.07) is 1.90. The number of carbonyl (C=O) groups excluding carboxylic acids is 4. The summed E-state index contributed by atoms with van der Waals surface area (Å²) in [5, 5.41) is 24.9. The molecule has 6 aliphatic rings. The first-order chi connectivity index (χ1) is 21.5. The van der Waals surface area contributed by atoms with E-state index < -0.39 is 93.6 Å². The van der Waals surface area contributed by atoms with E-state index in [1.165, 1.54) is 13.8 Å². The summed E-state index contributed by atoms with van der Waals surface area (Å²) in [6.45, 7) is 11.1. The molecule has 4 saturated carbocycles. The van der Waals surface area contributed by atoms with Gasteiger partial charge >= 0.3 is 17.9 Å². The number of rotatable bonds is 5. The van der Waals surface area contributed by atoms with Crippen LogP contribution in [0.4, 0.5) is 0 Å². The SMILES string of the molecule is CC(=O)O[C@H]1[C@@H](OC(C)=O)[C@]2(C)C(OC(=O)C(C)C)OC[C@]3([C@H]4C(=O)C[C@@]5(C)[C@H](c6ccoc6)C[C@H]6O[C@]65[C@]4(C)[C@H](O)C[C@@H]23)[C@H]1O. The van der Waals surface area contributed by atoms with Gasteiger partial charge in [0.05, 0.1) is 42.7 Å². The Kier molecular flexibility index (Phi) is 6.82. The van der Waals surface area contributed by atoms with Crippen molar-refractivity contribution in [2.45, 2.75) is 116 Å². The first-order valence-corrected chi connectivity index (χ1v) is 16.3. The normalized spacial score (nSPS) is 50.0. The Bertz CT molecular complexity index is 1470. The zero-order valence-electron chi connectivity index (χ0n) is 27.3. The molecule has 12 nitrogen and oxygen atoms in total. The highest BCUT2D eigenvalue weighted by molar-refractivity contribution is 5.87. The van der Waals surface area contributed by atoms with E-state index in [0.29, 0.717) is 6.42 Å². The first-order valence-electron chi connectivity index (χ1n) is 16.3. The summed E-state index contributed by atoms with van der Waals surface area (Å²) in [7, 11) is 0. The zero-order chi connectivity index (χ0) is 33.4. The number of aliphatic hydroxyl groups is 2. The van der Waals surface area contributed by atoms with E-state index in [1.807, 2.05) is 19.9 Å². The second kappa shape index (κ2) is 9.87. The van der Waals surface area contributed by atoms with Crippen molar-refractivity contribution >= 4 is 23.7 Å². The number of epoxide rings is 1. The van der Waals surface area contributed by atoms with Crippen LogP contribution in [0.1, 0.15) is 79.2 Å². The molecule has 252 valence electrons. The topological polar surface area (TPSA) is 171 Å². The van der Waals surface area contributed by atoms with Crippen molar-refractivity contribution in [2.75, 3.05) is 6.61 Å². The molecule has 4 aliphatic carbocycles. The summed E-state index contributed by atoms with van der Waals surface area (Å²) >= 11 is 0. The van der Waals surface area contributed by atoms with Crippen LogP contribution in [0.2, 0.25) is 0 Å². The number of esters is 3. The molecule has 2 N–H and O–H groups in total. The van der Waals surface area contributed by atoms with Crippen LogP contribution >= 0.6 is 0 Å². The molecule has 1 spiro atoms. The standard InChI is InChI=1S/C34H44O12/c1-15(2)28(40)45-29-31(6)21-11-22(38)32(7)25(33(21,14-42-29)26(39)24(43-16(3)35)27(31)44-17(4)36)20(37)12-30(5)19(18-8-9-41-13-18)10-23-34(30,32)46-23/h8-9,13,15,19,21-27,29,38-39H,10-12,14H2,1-7H3/t19-,21-,22+,23+,24+,25-,26-,27+,29?,30-,31+,32+,33-,34+/m0/s1. The molecule has 1 unspecified atom stereocenters. The Labute approximate surface area is 267 Å². The van der Waals surface area contributed by atoms with Crippen LogP contribution in [0.25, 0.3) is 0 Å². The Morgan fingerprint density at radius 2 is 1.72 bits per heavy atom. The van der Waals surface area contributed by atoms with Gasteiger partial charge in [-0.15, -0.1) is 0 Å². The van der Waals surface area contributed by atoms with Gasteiger partial charge in [-0.3, -0.25) is 19.2 Å². The van der Waals surface area contributed by atoms with E-state index in [4.69, 9.17) is 28.1 Å². The van der Waals surface area contributed by atoms with Crippen molar-refractivity contribution in [3.05, 3.63) is 24.2 Å². The largest absolute Gasteiger partial charge is 0.472 e. The van der Waals surface area contributed by atoms with E-state index in [0.717, 1.165) is 5.56 Å². The van der Waals surface area contributed by atoms with Crippen LogP contribution < -0.4 is 0 Å². The lowest BCUT2D eigenvalue weighted by Crippen LogP contribution is -2.83. The molecule has 12 heteroatoms. The lowest BCUT2D eigenvalue weighted by atomic mass is 9.33. The van der Waals surface area contributed by atoms with Crippen molar-refractivity contribution in [1.29, 1.82) is 0 Å². The number of fused-ring (bicyclic) bond motifs is 1. The van der Waals surface area contributed by atoms with E-state index >= 15 is 0 Å². The monoisotopic (exact) mass is 644 g/mol. The Morgan fingerprint density at radius 3 is 2.33 bits per heavy atom. The smallest absolute Gasteiger partial charge is 0.310 e. The van der Waals surface area contributed by atoms with Crippen LogP contribution in [0.3, 0.4) is 0 Å². The Balaban J connectivity index is 1.41. The van der Waals surface area contributed by atoms with Crippen LogP contribution in [-0.2, 0) is 42.9 Å². The molecule has 0 radical (unpaired) electrons. The van der Waals surface area contributed by atoms with Gasteiger partial charge in [-0.05, 0) is 43.2 Å². The molecule has 6 fully saturated rings. The van der Waals surface area contributed by atoms with Gasteiger partial charge in [0.15, 0.2) is 12.2 Å². The molecule has 0 amide bonds. The summed E-state index contributed by atoms with van der Waals surface area (Å²) in [5.74, 6) is -4.50. The number of aliphatic hydroxyl groups excluding tert-OH is 2. The summed E-state index contributed by atoms with van der Waals surface area (Å²) in [5.41, 5.74) is -4.66. The highest BCUT2D eigenvalue weighted by Gasteiger charge is 2.90. The van der Waals surface area contributed by atoms with Gasteiger partial charge in [0.1, 0.15) is 17.5 Å². The van der Waals surface area contributed by atoms with Gasteiger partial charge in [0.25, 0.3) is 0 Å². The second-order valence-electron chi connectivity index (χ2n) is 15.5. The maximum Gasteiger partial charge on any atom is 0.310 e. The molecule has 0 aromatic carbocycles. The highest BCUT2D eigenvalue weighted by Crippen LogP contribution is 2.82. The third kappa shape index (κ3) is 3.59. The van der Waals surface area contributed by atoms with Crippen LogP contribution in [0.5, 0.6) is 0 Å². The molecule has 46 heavy (non-hydrogen) atoms. The maximum absolute atomic E-state index is 14.9. The van der Waals surface area contributed by atoms with E-state index in [-0.39, 0.29) is 37.3 Å². The lowest BCUT2D eigenvalue weighted by Gasteiger charge is -2.73. The first kappa shape index (κ1) is 31.8. The van der Waals surface area contributed by atoms with Crippen LogP contribution in [-0.4, -0.2) is 82.9 Å². The van der Waals surface area contributed by atoms with Crippen LogP contribution in [0, 0.1) is 39.4 Å². The van der Waals surface area contributed by atoms with Gasteiger partial charge in [-0.2, -0.15) is 0 Å². The van der Waals surface area contributed by atoms with Crippen LogP contribution in [0.15, 0.2) is 23.0 Å². The van der Waals surface area contributed by atoms with Crippen molar-refractivity contribution in [3.8, 4) is 0 Å². The summed E-state index contributed by atoms with van der Waals surface area (Å²) < 4.78 is 35.9. The minimum absolute atomic E-state index is 0.0553.